The Morgan fingerprint density at radius 1 is 1.31 bits per heavy atom. The Morgan fingerprint density at radius 2 is 2.08 bits per heavy atom. The zero-order valence-electron chi connectivity index (χ0n) is 15.1. The van der Waals surface area contributed by atoms with Gasteiger partial charge in [-0.2, -0.15) is 0 Å². The SMILES string of the molecule is COCCNC(=O)C1(Nc2ccccc2)CCN(Cc2nccs2)CC1. The number of nitrogens with zero attached hydrogens (tertiary/aromatic N) is 2. The van der Waals surface area contributed by atoms with E-state index in [1.165, 1.54) is 0 Å². The quantitative estimate of drug-likeness (QED) is 0.695. The number of carbonyl (C=O) groups excluding carboxylic acids is 1. The lowest BCUT2D eigenvalue weighted by molar-refractivity contribution is -0.127. The highest BCUT2D eigenvalue weighted by Gasteiger charge is 2.41. The first kappa shape index (κ1) is 18.8. The molecule has 0 saturated carbocycles. The van der Waals surface area contributed by atoms with Crippen molar-refractivity contribution in [1.29, 1.82) is 0 Å². The molecule has 1 aromatic carbocycles. The first-order chi connectivity index (χ1) is 12.7. The minimum absolute atomic E-state index is 0.0484. The zero-order valence-corrected chi connectivity index (χ0v) is 15.9. The molecule has 3 rings (SSSR count). The number of hydrogen-bond acceptors (Lipinski definition) is 6. The highest BCUT2D eigenvalue weighted by Crippen LogP contribution is 2.28. The van der Waals surface area contributed by atoms with Crippen LogP contribution >= 0.6 is 11.3 Å². The lowest BCUT2D eigenvalue weighted by Crippen LogP contribution is -2.58. The van der Waals surface area contributed by atoms with E-state index in [-0.39, 0.29) is 5.91 Å². The number of methoxy groups -OCH3 is 1. The topological polar surface area (TPSA) is 66.5 Å². The monoisotopic (exact) mass is 374 g/mol. The molecule has 0 aliphatic carbocycles. The summed E-state index contributed by atoms with van der Waals surface area (Å²) in [6.07, 6.45) is 3.35. The van der Waals surface area contributed by atoms with E-state index < -0.39 is 5.54 Å². The summed E-state index contributed by atoms with van der Waals surface area (Å²) in [4.78, 5) is 19.7. The predicted octanol–water partition coefficient (Wildman–Crippen LogP) is 2.35. The number of piperidine rings is 1. The van der Waals surface area contributed by atoms with Gasteiger partial charge in [-0.25, -0.2) is 4.98 Å². The molecular formula is C19H26N4O2S. The third kappa shape index (κ3) is 4.81. The number of ether oxygens (including phenoxy) is 1. The van der Waals surface area contributed by atoms with E-state index in [2.05, 4.69) is 20.5 Å². The van der Waals surface area contributed by atoms with Crippen LogP contribution in [0, 0.1) is 0 Å². The molecule has 2 N–H and O–H groups in total. The molecular weight excluding hydrogens is 348 g/mol. The maximum Gasteiger partial charge on any atom is 0.245 e. The molecule has 1 aromatic heterocycles. The summed E-state index contributed by atoms with van der Waals surface area (Å²) in [5, 5.41) is 9.65. The second-order valence-electron chi connectivity index (χ2n) is 6.52. The van der Waals surface area contributed by atoms with E-state index in [1.54, 1.807) is 18.4 Å². The molecule has 0 atom stereocenters. The Morgan fingerprint density at radius 3 is 2.73 bits per heavy atom. The van der Waals surface area contributed by atoms with Gasteiger partial charge in [-0.3, -0.25) is 9.69 Å². The summed E-state index contributed by atoms with van der Waals surface area (Å²) in [5.41, 5.74) is 0.386. The lowest BCUT2D eigenvalue weighted by Gasteiger charge is -2.41. The molecule has 140 valence electrons. The second kappa shape index (κ2) is 9.12. The maximum atomic E-state index is 13.0. The van der Waals surface area contributed by atoms with E-state index in [4.69, 9.17) is 4.74 Å². The normalized spacial score (nSPS) is 17.0. The van der Waals surface area contributed by atoms with Crippen molar-refractivity contribution in [2.45, 2.75) is 24.9 Å². The number of hydrogen-bond donors (Lipinski definition) is 2. The van der Waals surface area contributed by atoms with E-state index in [1.807, 2.05) is 41.9 Å². The molecule has 7 heteroatoms. The van der Waals surface area contributed by atoms with Gasteiger partial charge in [0.1, 0.15) is 10.5 Å². The number of rotatable bonds is 8. The summed E-state index contributed by atoms with van der Waals surface area (Å²) >= 11 is 1.68. The van der Waals surface area contributed by atoms with Crippen molar-refractivity contribution in [2.24, 2.45) is 0 Å². The van der Waals surface area contributed by atoms with Crippen molar-refractivity contribution >= 4 is 22.9 Å². The highest BCUT2D eigenvalue weighted by molar-refractivity contribution is 7.09. The van der Waals surface area contributed by atoms with Crippen LogP contribution in [-0.4, -0.2) is 54.7 Å². The number of para-hydroxylation sites is 1. The Balaban J connectivity index is 1.67. The van der Waals surface area contributed by atoms with Gasteiger partial charge in [0.15, 0.2) is 0 Å². The molecule has 1 saturated heterocycles. The fraction of sp³-hybridized carbons (Fsp3) is 0.474. The van der Waals surface area contributed by atoms with E-state index in [0.717, 1.165) is 43.2 Å². The summed E-state index contributed by atoms with van der Waals surface area (Å²) in [6.45, 7) is 3.61. The van der Waals surface area contributed by atoms with Crippen molar-refractivity contribution in [3.05, 3.63) is 46.9 Å². The number of benzene rings is 1. The van der Waals surface area contributed by atoms with Crippen molar-refractivity contribution < 1.29 is 9.53 Å². The van der Waals surface area contributed by atoms with Crippen molar-refractivity contribution in [3.8, 4) is 0 Å². The van der Waals surface area contributed by atoms with Crippen LogP contribution in [-0.2, 0) is 16.1 Å². The second-order valence-corrected chi connectivity index (χ2v) is 7.50. The predicted molar refractivity (Wildman–Crippen MR) is 104 cm³/mol. The molecule has 1 fully saturated rings. The Kier molecular flexibility index (Phi) is 6.60. The van der Waals surface area contributed by atoms with Gasteiger partial charge in [-0.05, 0) is 25.0 Å². The largest absolute Gasteiger partial charge is 0.383 e. The van der Waals surface area contributed by atoms with Crippen LogP contribution in [0.2, 0.25) is 0 Å². The smallest absolute Gasteiger partial charge is 0.245 e. The number of carbonyl (C=O) groups is 1. The average Bonchev–Trinajstić information content (AvgIpc) is 3.17. The van der Waals surface area contributed by atoms with Gasteiger partial charge in [-0.1, -0.05) is 18.2 Å². The van der Waals surface area contributed by atoms with Crippen LogP contribution in [0.25, 0.3) is 0 Å². The number of anilines is 1. The van der Waals surface area contributed by atoms with Crippen LogP contribution in [0.15, 0.2) is 41.9 Å². The van der Waals surface area contributed by atoms with Crippen molar-refractivity contribution in [2.75, 3.05) is 38.7 Å². The average molecular weight is 375 g/mol. The van der Waals surface area contributed by atoms with Gasteiger partial charge in [0, 0.05) is 44.0 Å². The molecule has 1 aliphatic rings. The standard InChI is InChI=1S/C19H26N4O2S/c1-25-13-9-21-18(24)19(22-16-5-3-2-4-6-16)7-11-23(12-8-19)15-17-20-10-14-26-17/h2-6,10,14,22H,7-9,11-13,15H2,1H3,(H,21,24). The number of thiazole rings is 1. The Bertz CT molecular complexity index is 670. The van der Waals surface area contributed by atoms with Crippen LogP contribution < -0.4 is 10.6 Å². The van der Waals surface area contributed by atoms with Gasteiger partial charge in [0.05, 0.1) is 13.2 Å². The van der Waals surface area contributed by atoms with Crippen molar-refractivity contribution in [3.63, 3.8) is 0 Å². The zero-order chi connectivity index (χ0) is 18.2. The Labute approximate surface area is 158 Å². The molecule has 1 amide bonds. The first-order valence-corrected chi connectivity index (χ1v) is 9.81. The highest BCUT2D eigenvalue weighted by atomic mass is 32.1. The van der Waals surface area contributed by atoms with Gasteiger partial charge in [-0.15, -0.1) is 11.3 Å². The summed E-state index contributed by atoms with van der Waals surface area (Å²) < 4.78 is 5.06. The molecule has 26 heavy (non-hydrogen) atoms. The third-order valence-electron chi connectivity index (χ3n) is 4.74. The Hall–Kier alpha value is -1.96. The van der Waals surface area contributed by atoms with E-state index in [0.29, 0.717) is 13.2 Å². The molecule has 0 bridgehead atoms. The number of aromatic nitrogens is 1. The number of amides is 1. The molecule has 0 spiro atoms. The molecule has 2 heterocycles. The van der Waals surface area contributed by atoms with Crippen LogP contribution in [0.5, 0.6) is 0 Å². The van der Waals surface area contributed by atoms with E-state index in [9.17, 15) is 4.79 Å². The van der Waals surface area contributed by atoms with Gasteiger partial charge >= 0.3 is 0 Å². The summed E-state index contributed by atoms with van der Waals surface area (Å²) in [7, 11) is 1.64. The number of likely N-dealkylation sites (tertiary alicyclic amines) is 1. The van der Waals surface area contributed by atoms with Crippen molar-refractivity contribution in [1.82, 2.24) is 15.2 Å². The minimum atomic E-state index is -0.589. The lowest BCUT2D eigenvalue weighted by atomic mass is 9.86. The van der Waals surface area contributed by atoms with Crippen LogP contribution in [0.1, 0.15) is 17.8 Å². The molecule has 0 radical (unpaired) electrons. The van der Waals surface area contributed by atoms with Gasteiger partial charge in [0.25, 0.3) is 0 Å². The maximum absolute atomic E-state index is 13.0. The van der Waals surface area contributed by atoms with Crippen LogP contribution in [0.4, 0.5) is 5.69 Å². The van der Waals surface area contributed by atoms with Gasteiger partial charge < -0.3 is 15.4 Å². The molecule has 2 aromatic rings. The minimum Gasteiger partial charge on any atom is -0.383 e. The molecule has 0 unspecified atom stereocenters. The molecule has 1 aliphatic heterocycles. The fourth-order valence-electron chi connectivity index (χ4n) is 3.26. The van der Waals surface area contributed by atoms with Crippen LogP contribution in [0.3, 0.4) is 0 Å². The summed E-state index contributed by atoms with van der Waals surface area (Å²) in [6, 6.07) is 9.96. The first-order valence-electron chi connectivity index (χ1n) is 8.93. The number of nitrogens with one attached hydrogen (secondary N) is 2. The molecule has 6 nitrogen and oxygen atoms in total. The fourth-order valence-corrected chi connectivity index (χ4v) is 3.92. The third-order valence-corrected chi connectivity index (χ3v) is 5.50. The summed E-state index contributed by atoms with van der Waals surface area (Å²) in [5.74, 6) is 0.0484. The van der Waals surface area contributed by atoms with E-state index >= 15 is 0 Å². The van der Waals surface area contributed by atoms with Gasteiger partial charge in [0.2, 0.25) is 5.91 Å².